The Kier molecular flexibility index (Phi) is 4.34. The van der Waals surface area contributed by atoms with Gasteiger partial charge in [-0.05, 0) is 30.7 Å². The zero-order valence-electron chi connectivity index (χ0n) is 10.6. The summed E-state index contributed by atoms with van der Waals surface area (Å²) in [7, 11) is 0. The largest absolute Gasteiger partial charge is 0.454 e. The molecule has 2 aromatic carbocycles. The topological polar surface area (TPSA) is 52.4 Å². The van der Waals surface area contributed by atoms with Crippen LogP contribution in [0.4, 0.5) is 10.1 Å². The summed E-state index contributed by atoms with van der Waals surface area (Å²) in [5.41, 5.74) is 1.42. The van der Waals surface area contributed by atoms with E-state index in [0.29, 0.717) is 16.6 Å². The van der Waals surface area contributed by atoms with Crippen LogP contribution in [0, 0.1) is 22.9 Å². The van der Waals surface area contributed by atoms with Crippen LogP contribution < -0.4 is 4.74 Å². The molecule has 0 radical (unpaired) electrons. The van der Waals surface area contributed by atoms with Gasteiger partial charge in [-0.25, -0.2) is 4.39 Å². The van der Waals surface area contributed by atoms with Gasteiger partial charge in [-0.15, -0.1) is 0 Å². The number of hydrogen-bond acceptors (Lipinski definition) is 3. The highest BCUT2D eigenvalue weighted by atomic mass is 79.9. The molecule has 0 unspecified atom stereocenters. The summed E-state index contributed by atoms with van der Waals surface area (Å²) in [6, 6.07) is 8.74. The first-order valence-corrected chi connectivity index (χ1v) is 6.90. The van der Waals surface area contributed by atoms with Crippen molar-refractivity contribution in [3.8, 4) is 11.5 Å². The van der Waals surface area contributed by atoms with E-state index in [9.17, 15) is 14.5 Å². The highest BCUT2D eigenvalue weighted by Crippen LogP contribution is 2.31. The van der Waals surface area contributed by atoms with E-state index in [0.717, 1.165) is 5.56 Å². The SMILES string of the molecule is Cc1ccc(F)c(Oc2ccc([N+](=O)[O-])cc2CBr)c1. The Bertz CT molecular complexity index is 661. The number of nitro benzene ring substituents is 1. The molecule has 0 fully saturated rings. The fourth-order valence-corrected chi connectivity index (χ4v) is 2.13. The molecule has 0 amide bonds. The summed E-state index contributed by atoms with van der Waals surface area (Å²) in [6.45, 7) is 1.83. The fraction of sp³-hybridized carbons (Fsp3) is 0.143. The molecule has 0 aliphatic heterocycles. The molecule has 6 heteroatoms. The van der Waals surface area contributed by atoms with Gasteiger partial charge in [0.25, 0.3) is 5.69 Å². The smallest absolute Gasteiger partial charge is 0.270 e. The van der Waals surface area contributed by atoms with Gasteiger partial charge in [0.1, 0.15) is 5.75 Å². The van der Waals surface area contributed by atoms with Crippen molar-refractivity contribution in [3.05, 3.63) is 63.5 Å². The number of nitro groups is 1. The van der Waals surface area contributed by atoms with E-state index in [2.05, 4.69) is 15.9 Å². The quantitative estimate of drug-likeness (QED) is 0.459. The van der Waals surface area contributed by atoms with Crippen LogP contribution in [0.1, 0.15) is 11.1 Å². The molecule has 0 bridgehead atoms. The van der Waals surface area contributed by atoms with Crippen molar-refractivity contribution < 1.29 is 14.1 Å². The molecule has 104 valence electrons. The van der Waals surface area contributed by atoms with E-state index in [1.54, 1.807) is 12.1 Å². The van der Waals surface area contributed by atoms with E-state index < -0.39 is 10.7 Å². The number of benzene rings is 2. The number of nitrogens with zero attached hydrogens (tertiary/aromatic N) is 1. The lowest BCUT2D eigenvalue weighted by Gasteiger charge is -2.10. The standard InChI is InChI=1S/C14H11BrFNO3/c1-9-2-4-12(16)14(6-9)20-13-5-3-11(17(18)19)7-10(13)8-15/h2-7H,8H2,1H3. The molecule has 0 saturated heterocycles. The predicted octanol–water partition coefficient (Wildman–Crippen LogP) is 4.73. The number of aryl methyl sites for hydroxylation is 1. The molecule has 2 aromatic rings. The minimum Gasteiger partial charge on any atom is -0.454 e. The van der Waals surface area contributed by atoms with Crippen LogP contribution in [0.2, 0.25) is 0 Å². The molecule has 0 aliphatic rings. The van der Waals surface area contributed by atoms with Crippen molar-refractivity contribution in [1.82, 2.24) is 0 Å². The van der Waals surface area contributed by atoms with Gasteiger partial charge < -0.3 is 4.74 Å². The molecule has 2 rings (SSSR count). The molecular weight excluding hydrogens is 329 g/mol. The van der Waals surface area contributed by atoms with Crippen LogP contribution in [0.5, 0.6) is 11.5 Å². The van der Waals surface area contributed by atoms with Gasteiger partial charge in [-0.2, -0.15) is 0 Å². The average molecular weight is 340 g/mol. The number of rotatable bonds is 4. The van der Waals surface area contributed by atoms with E-state index in [1.807, 2.05) is 6.92 Å². The highest BCUT2D eigenvalue weighted by molar-refractivity contribution is 9.08. The number of halogens is 2. The second-order valence-corrected chi connectivity index (χ2v) is 4.78. The van der Waals surface area contributed by atoms with Gasteiger partial charge in [-0.3, -0.25) is 10.1 Å². The van der Waals surface area contributed by atoms with E-state index >= 15 is 0 Å². The monoisotopic (exact) mass is 339 g/mol. The fourth-order valence-electron chi connectivity index (χ4n) is 1.69. The third-order valence-corrected chi connectivity index (χ3v) is 3.31. The van der Waals surface area contributed by atoms with E-state index in [1.165, 1.54) is 24.3 Å². The molecule has 0 heterocycles. The number of ether oxygens (including phenoxy) is 1. The van der Waals surface area contributed by atoms with Crippen LogP contribution >= 0.6 is 15.9 Å². The van der Waals surface area contributed by atoms with E-state index in [-0.39, 0.29) is 11.4 Å². The van der Waals surface area contributed by atoms with Crippen LogP contribution in [0.25, 0.3) is 0 Å². The zero-order valence-corrected chi connectivity index (χ0v) is 12.2. The Morgan fingerprint density at radius 2 is 2.00 bits per heavy atom. The first-order valence-electron chi connectivity index (χ1n) is 5.78. The number of alkyl halides is 1. The van der Waals surface area contributed by atoms with Gasteiger partial charge in [-0.1, -0.05) is 22.0 Å². The van der Waals surface area contributed by atoms with Gasteiger partial charge in [0, 0.05) is 23.0 Å². The zero-order chi connectivity index (χ0) is 14.7. The van der Waals surface area contributed by atoms with Crippen molar-refractivity contribution in [2.75, 3.05) is 0 Å². The lowest BCUT2D eigenvalue weighted by molar-refractivity contribution is -0.384. The van der Waals surface area contributed by atoms with Gasteiger partial charge >= 0.3 is 0 Å². The number of hydrogen-bond donors (Lipinski definition) is 0. The molecule has 0 aliphatic carbocycles. The lowest BCUT2D eigenvalue weighted by atomic mass is 10.2. The summed E-state index contributed by atoms with van der Waals surface area (Å²) in [5.74, 6) is 0.00695. The van der Waals surface area contributed by atoms with Crippen LogP contribution in [-0.4, -0.2) is 4.92 Å². The minimum absolute atomic E-state index is 0.0310. The Labute approximate surface area is 123 Å². The van der Waals surface area contributed by atoms with Crippen molar-refractivity contribution in [1.29, 1.82) is 0 Å². The maximum absolute atomic E-state index is 13.7. The molecule has 0 spiro atoms. The second kappa shape index (κ2) is 6.00. The molecule has 0 saturated carbocycles. The maximum atomic E-state index is 13.7. The van der Waals surface area contributed by atoms with E-state index in [4.69, 9.17) is 4.74 Å². The third kappa shape index (κ3) is 3.14. The van der Waals surface area contributed by atoms with Crippen molar-refractivity contribution in [2.24, 2.45) is 0 Å². The molecule has 0 atom stereocenters. The van der Waals surface area contributed by atoms with Gasteiger partial charge in [0.2, 0.25) is 0 Å². The lowest BCUT2D eigenvalue weighted by Crippen LogP contribution is -1.95. The molecule has 0 N–H and O–H groups in total. The third-order valence-electron chi connectivity index (χ3n) is 2.71. The summed E-state index contributed by atoms with van der Waals surface area (Å²) in [6.07, 6.45) is 0. The Balaban J connectivity index is 2.38. The molecule has 4 nitrogen and oxygen atoms in total. The predicted molar refractivity (Wildman–Crippen MR) is 76.9 cm³/mol. The second-order valence-electron chi connectivity index (χ2n) is 4.22. The van der Waals surface area contributed by atoms with Crippen molar-refractivity contribution >= 4 is 21.6 Å². The van der Waals surface area contributed by atoms with Crippen LogP contribution in [0.15, 0.2) is 36.4 Å². The van der Waals surface area contributed by atoms with Crippen LogP contribution in [0.3, 0.4) is 0 Å². The number of non-ortho nitro benzene ring substituents is 1. The maximum Gasteiger partial charge on any atom is 0.270 e. The average Bonchev–Trinajstić information content (AvgIpc) is 2.43. The summed E-state index contributed by atoms with van der Waals surface area (Å²) < 4.78 is 19.2. The van der Waals surface area contributed by atoms with Crippen molar-refractivity contribution in [2.45, 2.75) is 12.3 Å². The highest BCUT2D eigenvalue weighted by Gasteiger charge is 2.13. The Hall–Kier alpha value is -1.95. The normalized spacial score (nSPS) is 10.3. The summed E-state index contributed by atoms with van der Waals surface area (Å²) in [4.78, 5) is 10.2. The Morgan fingerprint density at radius 3 is 2.65 bits per heavy atom. The van der Waals surface area contributed by atoms with Gasteiger partial charge in [0.05, 0.1) is 4.92 Å². The van der Waals surface area contributed by atoms with Crippen molar-refractivity contribution in [3.63, 3.8) is 0 Å². The molecular formula is C14H11BrFNO3. The first kappa shape index (κ1) is 14.5. The Morgan fingerprint density at radius 1 is 1.25 bits per heavy atom. The summed E-state index contributed by atoms with van der Waals surface area (Å²) in [5, 5.41) is 11.1. The van der Waals surface area contributed by atoms with Crippen LogP contribution in [-0.2, 0) is 5.33 Å². The summed E-state index contributed by atoms with van der Waals surface area (Å²) >= 11 is 3.24. The molecule has 20 heavy (non-hydrogen) atoms. The van der Waals surface area contributed by atoms with Gasteiger partial charge in [0.15, 0.2) is 11.6 Å². The minimum atomic E-state index is -0.483. The molecule has 0 aromatic heterocycles. The first-order chi connectivity index (χ1) is 9.51.